The molecule has 0 spiro atoms. The maximum Gasteiger partial charge on any atom is 0.191 e. The zero-order valence-electron chi connectivity index (χ0n) is 8.72. The van der Waals surface area contributed by atoms with Crippen LogP contribution in [0.25, 0.3) is 0 Å². The third-order valence-electron chi connectivity index (χ3n) is 2.42. The lowest BCUT2D eigenvalue weighted by molar-refractivity contribution is 0.00668. The minimum atomic E-state index is -1.19. The van der Waals surface area contributed by atoms with Crippen LogP contribution in [0.15, 0.2) is 35.3 Å². The molecule has 1 unspecified atom stereocenters. The molecule has 1 aromatic carbocycles. The molecule has 1 aliphatic rings. The molecule has 0 fully saturated rings. The highest BCUT2D eigenvalue weighted by Gasteiger charge is 2.29. The predicted molar refractivity (Wildman–Crippen MR) is 59.5 cm³/mol. The molecule has 2 rings (SSSR count). The summed E-state index contributed by atoms with van der Waals surface area (Å²) in [6.45, 7) is 1.48. The molecule has 0 radical (unpaired) electrons. The van der Waals surface area contributed by atoms with Crippen molar-refractivity contribution in [1.82, 2.24) is 10.4 Å². The second kappa shape index (κ2) is 4.10. The van der Waals surface area contributed by atoms with Crippen LogP contribution in [0.5, 0.6) is 0 Å². The number of nitrogens with one attached hydrogen (secondary N) is 1. The first-order valence-corrected chi connectivity index (χ1v) is 4.98. The van der Waals surface area contributed by atoms with Gasteiger partial charge in [-0.15, -0.1) is 0 Å². The van der Waals surface area contributed by atoms with Crippen LogP contribution in [0.3, 0.4) is 0 Å². The highest BCUT2D eigenvalue weighted by atomic mass is 16.3. The van der Waals surface area contributed by atoms with E-state index in [9.17, 15) is 5.11 Å². The summed E-state index contributed by atoms with van der Waals surface area (Å²) in [5.41, 5.74) is 2.62. The highest BCUT2D eigenvalue weighted by molar-refractivity contribution is 5.70. The van der Waals surface area contributed by atoms with Gasteiger partial charge < -0.3 is 5.11 Å². The third-order valence-corrected chi connectivity index (χ3v) is 2.42. The molecule has 1 heterocycles. The quantitative estimate of drug-likeness (QED) is 0.695. The van der Waals surface area contributed by atoms with Gasteiger partial charge in [-0.3, -0.25) is 4.99 Å². The number of nitrogens with zero attached hydrogens (tertiary/aromatic N) is 2. The Morgan fingerprint density at radius 2 is 2.13 bits per heavy atom. The summed E-state index contributed by atoms with van der Waals surface area (Å²) in [6, 6.07) is 9.46. The van der Waals surface area contributed by atoms with Gasteiger partial charge in [-0.1, -0.05) is 30.3 Å². The summed E-state index contributed by atoms with van der Waals surface area (Å²) in [4.78, 5) is 4.17. The molecule has 1 aliphatic heterocycles. The lowest BCUT2D eigenvalue weighted by atomic mass is 10.1. The van der Waals surface area contributed by atoms with Crippen LogP contribution in [0.2, 0.25) is 0 Å². The zero-order valence-corrected chi connectivity index (χ0v) is 8.72. The Balaban J connectivity index is 2.32. The van der Waals surface area contributed by atoms with Crippen molar-refractivity contribution in [2.75, 3.05) is 20.1 Å². The van der Waals surface area contributed by atoms with E-state index in [1.54, 1.807) is 6.21 Å². The van der Waals surface area contributed by atoms with Crippen LogP contribution in [-0.2, 0) is 5.72 Å². The van der Waals surface area contributed by atoms with Crippen molar-refractivity contribution in [2.45, 2.75) is 5.72 Å². The fraction of sp³-hybridized carbons (Fsp3) is 0.364. The van der Waals surface area contributed by atoms with Gasteiger partial charge in [-0.25, -0.2) is 10.4 Å². The molecule has 80 valence electrons. The molecular weight excluding hydrogens is 190 g/mol. The molecule has 0 saturated carbocycles. The monoisotopic (exact) mass is 205 g/mol. The van der Waals surface area contributed by atoms with Gasteiger partial charge in [0.2, 0.25) is 0 Å². The number of rotatable bonds is 1. The van der Waals surface area contributed by atoms with Gasteiger partial charge in [0.1, 0.15) is 0 Å². The van der Waals surface area contributed by atoms with Crippen LogP contribution in [-0.4, -0.2) is 36.5 Å². The van der Waals surface area contributed by atoms with E-state index in [1.165, 1.54) is 0 Å². The minimum Gasteiger partial charge on any atom is -0.366 e. The first-order valence-electron chi connectivity index (χ1n) is 4.98. The molecule has 2 N–H and O–H groups in total. The molecule has 15 heavy (non-hydrogen) atoms. The van der Waals surface area contributed by atoms with Crippen molar-refractivity contribution in [2.24, 2.45) is 4.99 Å². The number of hydrogen-bond donors (Lipinski definition) is 2. The second-order valence-corrected chi connectivity index (χ2v) is 3.70. The summed E-state index contributed by atoms with van der Waals surface area (Å²) < 4.78 is 0. The van der Waals surface area contributed by atoms with Gasteiger partial charge in [-0.2, -0.15) is 0 Å². The predicted octanol–water partition coefficient (Wildman–Crippen LogP) is 0.353. The number of aliphatic hydroxyl groups is 1. The normalized spacial score (nSPS) is 27.6. The summed E-state index contributed by atoms with van der Waals surface area (Å²) >= 11 is 0. The molecule has 1 atom stereocenters. The highest BCUT2D eigenvalue weighted by Crippen LogP contribution is 2.17. The number of hydrogen-bond acceptors (Lipinski definition) is 4. The topological polar surface area (TPSA) is 47.9 Å². The van der Waals surface area contributed by atoms with Gasteiger partial charge in [0.05, 0.1) is 12.8 Å². The van der Waals surface area contributed by atoms with Crippen LogP contribution in [0.1, 0.15) is 5.56 Å². The molecule has 1 aromatic rings. The third kappa shape index (κ3) is 2.23. The second-order valence-electron chi connectivity index (χ2n) is 3.70. The van der Waals surface area contributed by atoms with Crippen molar-refractivity contribution >= 4 is 6.21 Å². The Hall–Kier alpha value is -1.23. The molecule has 0 bridgehead atoms. The molecule has 0 amide bonds. The van der Waals surface area contributed by atoms with E-state index in [1.807, 2.05) is 42.4 Å². The average molecular weight is 205 g/mol. The lowest BCUT2D eigenvalue weighted by Crippen LogP contribution is -2.51. The standard InChI is InChI=1S/C11H15N3O/c1-14-8-7-12-9-11(15,13-14)10-5-3-2-4-6-10/h2-6,9,13,15H,7-8H2,1H3. The van der Waals surface area contributed by atoms with E-state index in [0.717, 1.165) is 12.1 Å². The van der Waals surface area contributed by atoms with Gasteiger partial charge in [0, 0.05) is 19.2 Å². The van der Waals surface area contributed by atoms with E-state index in [2.05, 4.69) is 10.4 Å². The van der Waals surface area contributed by atoms with Crippen molar-refractivity contribution in [3.05, 3.63) is 35.9 Å². The van der Waals surface area contributed by atoms with Gasteiger partial charge in [0.25, 0.3) is 0 Å². The molecular formula is C11H15N3O. The number of aliphatic imine (C=N–C) groups is 1. The minimum absolute atomic E-state index is 0.693. The van der Waals surface area contributed by atoms with Crippen molar-refractivity contribution in [3.63, 3.8) is 0 Å². The fourth-order valence-electron chi connectivity index (χ4n) is 1.61. The lowest BCUT2D eigenvalue weighted by Gasteiger charge is -2.28. The van der Waals surface area contributed by atoms with E-state index < -0.39 is 5.72 Å². The van der Waals surface area contributed by atoms with Gasteiger partial charge >= 0.3 is 0 Å². The zero-order chi connectivity index (χ0) is 10.7. The largest absolute Gasteiger partial charge is 0.366 e. The summed E-state index contributed by atoms with van der Waals surface area (Å²) in [6.07, 6.45) is 1.56. The number of likely N-dealkylation sites (N-methyl/N-ethyl adjacent to an activating group) is 1. The van der Waals surface area contributed by atoms with E-state index >= 15 is 0 Å². The molecule has 0 aromatic heterocycles. The Kier molecular flexibility index (Phi) is 2.81. The first-order chi connectivity index (χ1) is 7.21. The Morgan fingerprint density at radius 1 is 1.40 bits per heavy atom. The number of hydrazine groups is 1. The summed E-state index contributed by atoms with van der Waals surface area (Å²) in [5, 5.41) is 12.2. The van der Waals surface area contributed by atoms with Gasteiger partial charge in [-0.05, 0) is 0 Å². The van der Waals surface area contributed by atoms with Crippen molar-refractivity contribution in [1.29, 1.82) is 0 Å². The average Bonchev–Trinajstić information content (AvgIpc) is 2.42. The molecule has 0 saturated heterocycles. The Labute approximate surface area is 89.2 Å². The summed E-state index contributed by atoms with van der Waals surface area (Å²) in [7, 11) is 1.89. The van der Waals surface area contributed by atoms with Crippen LogP contribution in [0.4, 0.5) is 0 Å². The van der Waals surface area contributed by atoms with Gasteiger partial charge in [0.15, 0.2) is 5.72 Å². The maximum atomic E-state index is 10.4. The fourth-order valence-corrected chi connectivity index (χ4v) is 1.61. The number of benzene rings is 1. The maximum absolute atomic E-state index is 10.4. The SMILES string of the molecule is CN1CCN=CC(O)(c2ccccc2)N1. The molecule has 0 aliphatic carbocycles. The van der Waals surface area contributed by atoms with Crippen LogP contribution < -0.4 is 5.43 Å². The van der Waals surface area contributed by atoms with Crippen molar-refractivity contribution in [3.8, 4) is 0 Å². The van der Waals surface area contributed by atoms with Crippen LogP contribution in [0, 0.1) is 0 Å². The van der Waals surface area contributed by atoms with E-state index in [4.69, 9.17) is 0 Å². The van der Waals surface area contributed by atoms with E-state index in [-0.39, 0.29) is 0 Å². The first kappa shape index (κ1) is 10.3. The Morgan fingerprint density at radius 3 is 2.87 bits per heavy atom. The van der Waals surface area contributed by atoms with E-state index in [0.29, 0.717) is 6.54 Å². The van der Waals surface area contributed by atoms with Crippen LogP contribution >= 0.6 is 0 Å². The van der Waals surface area contributed by atoms with Crippen molar-refractivity contribution < 1.29 is 5.11 Å². The summed E-state index contributed by atoms with van der Waals surface area (Å²) in [5.74, 6) is 0. The smallest absolute Gasteiger partial charge is 0.191 e. The molecule has 4 heteroatoms. The molecule has 4 nitrogen and oxygen atoms in total. The Bertz CT molecular complexity index is 352.